The third-order valence-corrected chi connectivity index (χ3v) is 8.43. The zero-order valence-corrected chi connectivity index (χ0v) is 22.3. The topological polar surface area (TPSA) is 0 Å². The third-order valence-electron chi connectivity index (χ3n) is 7.07. The summed E-state index contributed by atoms with van der Waals surface area (Å²) in [5.74, 6) is 1.34. The summed E-state index contributed by atoms with van der Waals surface area (Å²) in [4.78, 5) is 0. The largest absolute Gasteiger partial charge is 0.152 e. The van der Waals surface area contributed by atoms with Gasteiger partial charge in [-0.2, -0.15) is 22.7 Å². The second kappa shape index (κ2) is 13.4. The first kappa shape index (κ1) is 25.2. The van der Waals surface area contributed by atoms with Crippen LogP contribution in [-0.2, 0) is 0 Å². The lowest BCUT2D eigenvalue weighted by atomic mass is 9.78. The monoisotopic (exact) mass is 466 g/mol. The molecule has 0 aliphatic rings. The lowest BCUT2D eigenvalue weighted by molar-refractivity contribution is 0.521. The maximum Gasteiger partial charge on any atom is -0.00145 e. The van der Waals surface area contributed by atoms with Gasteiger partial charge in [0.15, 0.2) is 0 Å². The maximum absolute atomic E-state index is 2.60. The molecule has 3 aromatic rings. The Bertz CT molecular complexity index is 814. The number of unbranched alkanes of at least 4 members (excludes halogenated alkanes) is 4. The molecule has 0 fully saturated rings. The first-order chi connectivity index (χ1) is 15.7. The molecule has 2 heteroatoms. The Labute approximate surface area is 205 Å². The minimum atomic E-state index is 0.672. The molecule has 0 amide bonds. The van der Waals surface area contributed by atoms with Crippen molar-refractivity contribution < 1.29 is 0 Å². The Hall–Kier alpha value is -1.38. The van der Waals surface area contributed by atoms with Crippen LogP contribution in [0.25, 0.3) is 22.3 Å². The van der Waals surface area contributed by atoms with E-state index in [0.717, 1.165) is 0 Å². The van der Waals surface area contributed by atoms with E-state index in [4.69, 9.17) is 0 Å². The summed E-state index contributed by atoms with van der Waals surface area (Å²) in [7, 11) is 0. The molecule has 0 bridgehead atoms. The number of hydrogen-bond donors (Lipinski definition) is 0. The molecule has 0 nitrogen and oxygen atoms in total. The fourth-order valence-corrected chi connectivity index (χ4v) is 6.41. The van der Waals surface area contributed by atoms with Gasteiger partial charge in [0, 0.05) is 0 Å². The van der Waals surface area contributed by atoms with E-state index in [1.54, 1.807) is 11.1 Å². The van der Waals surface area contributed by atoms with Gasteiger partial charge in [-0.25, -0.2) is 0 Å². The minimum Gasteiger partial charge on any atom is -0.152 e. The molecule has 2 unspecified atom stereocenters. The van der Waals surface area contributed by atoms with Crippen LogP contribution in [0.3, 0.4) is 0 Å². The molecule has 3 rings (SSSR count). The average Bonchev–Trinajstić information content (AvgIpc) is 3.54. The van der Waals surface area contributed by atoms with Gasteiger partial charge in [0.05, 0.1) is 0 Å². The van der Waals surface area contributed by atoms with Crippen molar-refractivity contribution in [3.05, 3.63) is 56.9 Å². The maximum atomic E-state index is 2.60. The molecule has 0 N–H and O–H groups in total. The number of rotatable bonds is 14. The van der Waals surface area contributed by atoms with Gasteiger partial charge < -0.3 is 0 Å². The molecule has 1 aromatic carbocycles. The van der Waals surface area contributed by atoms with Crippen molar-refractivity contribution in [1.29, 1.82) is 0 Å². The molecular formula is C30H42S2. The summed E-state index contributed by atoms with van der Waals surface area (Å²) in [6.07, 6.45) is 13.1. The van der Waals surface area contributed by atoms with Gasteiger partial charge in [0.25, 0.3) is 0 Å². The molecule has 2 heterocycles. The van der Waals surface area contributed by atoms with E-state index in [1.165, 1.54) is 86.5 Å². The second-order valence-electron chi connectivity index (χ2n) is 9.25. The van der Waals surface area contributed by atoms with Gasteiger partial charge in [0.2, 0.25) is 0 Å². The first-order valence-corrected chi connectivity index (χ1v) is 14.8. The lowest BCUT2D eigenvalue weighted by Gasteiger charge is -2.27. The van der Waals surface area contributed by atoms with Crippen LogP contribution >= 0.6 is 22.7 Å². The Kier molecular flexibility index (Phi) is 10.5. The molecule has 32 heavy (non-hydrogen) atoms. The van der Waals surface area contributed by atoms with Crippen molar-refractivity contribution in [2.45, 2.75) is 104 Å². The Morgan fingerprint density at radius 1 is 0.625 bits per heavy atom. The summed E-state index contributed by atoms with van der Waals surface area (Å²) in [6.45, 7) is 9.43. The molecule has 174 valence electrons. The van der Waals surface area contributed by atoms with Crippen molar-refractivity contribution in [2.75, 3.05) is 0 Å². The molecule has 2 aromatic heterocycles. The van der Waals surface area contributed by atoms with Crippen molar-refractivity contribution in [3.8, 4) is 22.3 Å². The molecule has 0 aliphatic heterocycles. The molecule has 0 saturated heterocycles. The second-order valence-corrected chi connectivity index (χ2v) is 10.8. The quantitative estimate of drug-likeness (QED) is 0.207. The normalized spacial score (nSPS) is 13.4. The number of thiophene rings is 2. The van der Waals surface area contributed by atoms with Gasteiger partial charge in [-0.1, -0.05) is 66.2 Å². The highest BCUT2D eigenvalue weighted by Gasteiger charge is 2.23. The fraction of sp³-hybridized carbons (Fsp3) is 0.533. The van der Waals surface area contributed by atoms with Gasteiger partial charge in [-0.3, -0.25) is 0 Å². The van der Waals surface area contributed by atoms with Crippen LogP contribution in [0.15, 0.2) is 45.8 Å². The van der Waals surface area contributed by atoms with Crippen LogP contribution in [-0.4, -0.2) is 0 Å². The predicted octanol–water partition coefficient (Wildman–Crippen LogP) is 11.3. The van der Waals surface area contributed by atoms with E-state index in [-0.39, 0.29) is 0 Å². The standard InChI is InChI=1S/C30H42S2/c1-5-9-11-13-23(7-3)27-19-29(25-15-17-31-21-25)30(26-16-18-32-22-26)20-28(27)24(8-4)14-12-10-6-2/h15-24H,5-14H2,1-4H3. The van der Waals surface area contributed by atoms with Gasteiger partial charge in [0.1, 0.15) is 0 Å². The van der Waals surface area contributed by atoms with E-state index < -0.39 is 0 Å². The van der Waals surface area contributed by atoms with Crippen LogP contribution in [0.2, 0.25) is 0 Å². The summed E-state index contributed by atoms with van der Waals surface area (Å²) in [5.41, 5.74) is 8.92. The van der Waals surface area contributed by atoms with Gasteiger partial charge in [-0.05, 0) is 117 Å². The Morgan fingerprint density at radius 3 is 1.38 bits per heavy atom. The zero-order valence-electron chi connectivity index (χ0n) is 20.7. The highest BCUT2D eigenvalue weighted by Crippen LogP contribution is 2.43. The van der Waals surface area contributed by atoms with Crippen LogP contribution in [0.4, 0.5) is 0 Å². The van der Waals surface area contributed by atoms with Crippen LogP contribution in [0, 0.1) is 0 Å². The highest BCUT2D eigenvalue weighted by atomic mass is 32.1. The average molecular weight is 467 g/mol. The van der Waals surface area contributed by atoms with E-state index >= 15 is 0 Å². The zero-order chi connectivity index (χ0) is 22.8. The van der Waals surface area contributed by atoms with Gasteiger partial charge in [-0.15, -0.1) is 0 Å². The van der Waals surface area contributed by atoms with Gasteiger partial charge >= 0.3 is 0 Å². The molecule has 0 spiro atoms. The first-order valence-electron chi connectivity index (χ1n) is 13.0. The van der Waals surface area contributed by atoms with E-state index in [2.05, 4.69) is 73.5 Å². The summed E-state index contributed by atoms with van der Waals surface area (Å²) >= 11 is 3.62. The molecule has 0 saturated carbocycles. The summed E-state index contributed by atoms with van der Waals surface area (Å²) < 4.78 is 0. The van der Waals surface area contributed by atoms with Crippen LogP contribution < -0.4 is 0 Å². The van der Waals surface area contributed by atoms with E-state index in [9.17, 15) is 0 Å². The Morgan fingerprint density at radius 2 is 1.06 bits per heavy atom. The van der Waals surface area contributed by atoms with Crippen molar-refractivity contribution in [2.24, 2.45) is 0 Å². The minimum absolute atomic E-state index is 0.672. The smallest absolute Gasteiger partial charge is 0.00145 e. The summed E-state index contributed by atoms with van der Waals surface area (Å²) in [5, 5.41) is 9.09. The van der Waals surface area contributed by atoms with Crippen LogP contribution in [0.1, 0.15) is 115 Å². The van der Waals surface area contributed by atoms with Crippen molar-refractivity contribution in [1.82, 2.24) is 0 Å². The molecule has 2 atom stereocenters. The van der Waals surface area contributed by atoms with Crippen molar-refractivity contribution >= 4 is 22.7 Å². The molecule has 0 aliphatic carbocycles. The summed E-state index contributed by atoms with van der Waals surface area (Å²) in [6, 6.07) is 9.81. The fourth-order valence-electron chi connectivity index (χ4n) is 5.09. The molecule has 0 radical (unpaired) electrons. The van der Waals surface area contributed by atoms with Crippen molar-refractivity contribution in [3.63, 3.8) is 0 Å². The van der Waals surface area contributed by atoms with E-state index in [1.807, 2.05) is 22.7 Å². The molecular weight excluding hydrogens is 424 g/mol. The van der Waals surface area contributed by atoms with Crippen LogP contribution in [0.5, 0.6) is 0 Å². The van der Waals surface area contributed by atoms with E-state index in [0.29, 0.717) is 11.8 Å². The highest BCUT2D eigenvalue weighted by molar-refractivity contribution is 7.08. The number of hydrogen-bond acceptors (Lipinski definition) is 2. The lowest BCUT2D eigenvalue weighted by Crippen LogP contribution is -2.08. The SMILES string of the molecule is CCCCCC(CC)c1cc(-c2ccsc2)c(-c2ccsc2)cc1C(CC)CCCCC. The third kappa shape index (κ3) is 6.35. The predicted molar refractivity (Wildman–Crippen MR) is 147 cm³/mol. The number of benzene rings is 1. The Balaban J connectivity index is 2.13.